The van der Waals surface area contributed by atoms with E-state index in [1.165, 1.54) is 66.9 Å². The molecule has 1 unspecified atom stereocenters. The summed E-state index contributed by atoms with van der Waals surface area (Å²) < 4.78 is 21.0. The molecule has 0 bridgehead atoms. The van der Waals surface area contributed by atoms with Crippen molar-refractivity contribution in [2.24, 2.45) is 0 Å². The second-order valence-electron chi connectivity index (χ2n) is 26.3. The van der Waals surface area contributed by atoms with Gasteiger partial charge in [0.25, 0.3) is 0 Å². The number of anilines is 3. The highest BCUT2D eigenvalue weighted by Crippen LogP contribution is 2.57. The molecular weight excluding hydrogens is 1190 g/mol. The highest BCUT2D eigenvalue weighted by atomic mass is 28.3. The van der Waals surface area contributed by atoms with Gasteiger partial charge in [0.05, 0.1) is 38.9 Å². The molecule has 14 rings (SSSR count). The lowest BCUT2D eigenvalue weighted by atomic mass is 9.69. The highest BCUT2D eigenvalue weighted by molar-refractivity contribution is 6.77. The summed E-state index contributed by atoms with van der Waals surface area (Å²) >= 11 is 0. The summed E-state index contributed by atoms with van der Waals surface area (Å²) in [5.41, 5.74) is 22.3. The molecule has 0 N–H and O–H groups in total. The number of unbranched alkanes of at least 4 members (excludes halogenated alkanes) is 3. The molecule has 6 heteroatoms. The Morgan fingerprint density at radius 1 is 0.375 bits per heavy atom. The summed E-state index contributed by atoms with van der Waals surface area (Å²) in [6.07, 6.45) is 10.0. The van der Waals surface area contributed by atoms with Gasteiger partial charge in [-0.05, 0) is 220 Å². The molecule has 0 spiro atoms. The van der Waals surface area contributed by atoms with Gasteiger partial charge in [0.15, 0.2) is 0 Å². The normalized spacial score (nSPS) is 13.3. The van der Waals surface area contributed by atoms with Crippen molar-refractivity contribution in [1.82, 2.24) is 4.57 Å². The van der Waals surface area contributed by atoms with E-state index >= 15 is 0 Å². The molecule has 96 heavy (non-hydrogen) atoms. The maximum Gasteiger partial charge on any atom is 0.119 e. The van der Waals surface area contributed by atoms with E-state index in [1.54, 1.807) is 0 Å². The van der Waals surface area contributed by atoms with E-state index < -0.39 is 8.07 Å². The van der Waals surface area contributed by atoms with Crippen LogP contribution in [0.5, 0.6) is 17.2 Å². The lowest BCUT2D eigenvalue weighted by Crippen LogP contribution is -2.31. The Hall–Kier alpha value is -10.7. The highest BCUT2D eigenvalue weighted by Gasteiger charge is 2.45. The van der Waals surface area contributed by atoms with Crippen LogP contribution in [-0.2, 0) is 5.41 Å². The molecule has 1 heterocycles. The summed E-state index contributed by atoms with van der Waals surface area (Å²) in [6, 6.07) is 109. The molecule has 0 radical (unpaired) electrons. The van der Waals surface area contributed by atoms with Crippen molar-refractivity contribution >= 4 is 59.1 Å². The number of rotatable bonds is 27. The van der Waals surface area contributed by atoms with E-state index in [-0.39, 0.29) is 5.41 Å². The largest absolute Gasteiger partial charge is 0.494 e. The van der Waals surface area contributed by atoms with Crippen LogP contribution in [0, 0.1) is 0 Å². The standard InChI is InChI=1S/C90H82N2O3Si/c1-5-66-31-48-79(49-32-66)93-58-20-7-8-21-59-94-81-52-45-77(46-53-81)92-88-55-39-72(69-25-14-10-15-26-69)63-84(88)85-64-73(40-56-89(85)92)71-37-43-76(44-38-71)91(75-41-35-70(36-42-75)68-23-12-9-13-24-68)78-47-54-83-82-29-18-19-30-86(82)90(87(83)65-78,74-27-16-11-17-28-74)57-22-61-96(3,4)62-60-95-80-50-33-67(6-2)34-51-80/h5-6,9-19,23-56,63-65H,1-2,7-8,20-22,57-62H2,3-4H3. The second-order valence-corrected chi connectivity index (χ2v) is 31.6. The van der Waals surface area contributed by atoms with Crippen LogP contribution in [0.1, 0.15) is 66.3 Å². The Labute approximate surface area is 567 Å². The fourth-order valence-electron chi connectivity index (χ4n) is 14.3. The van der Waals surface area contributed by atoms with Gasteiger partial charge in [-0.1, -0.05) is 233 Å². The lowest BCUT2D eigenvalue weighted by Gasteiger charge is -2.35. The van der Waals surface area contributed by atoms with Gasteiger partial charge >= 0.3 is 0 Å². The summed E-state index contributed by atoms with van der Waals surface area (Å²) in [4.78, 5) is 2.46. The minimum absolute atomic E-state index is 0.358. The van der Waals surface area contributed by atoms with Gasteiger partial charge in [0.1, 0.15) is 17.2 Å². The molecule has 1 atom stereocenters. The van der Waals surface area contributed by atoms with Crippen LogP contribution in [0.15, 0.2) is 304 Å². The Morgan fingerprint density at radius 2 is 0.812 bits per heavy atom. The smallest absolute Gasteiger partial charge is 0.119 e. The first kappa shape index (κ1) is 62.8. The molecule has 0 saturated carbocycles. The zero-order valence-corrected chi connectivity index (χ0v) is 56.2. The van der Waals surface area contributed by atoms with Gasteiger partial charge in [-0.2, -0.15) is 0 Å². The third kappa shape index (κ3) is 13.4. The van der Waals surface area contributed by atoms with Crippen LogP contribution in [0.25, 0.3) is 84.2 Å². The van der Waals surface area contributed by atoms with Crippen molar-refractivity contribution in [2.45, 2.75) is 69.1 Å². The Morgan fingerprint density at radius 3 is 1.35 bits per heavy atom. The van der Waals surface area contributed by atoms with Crippen molar-refractivity contribution in [3.05, 3.63) is 332 Å². The average molecular weight is 1270 g/mol. The van der Waals surface area contributed by atoms with E-state index in [0.717, 1.165) is 124 Å². The molecule has 12 aromatic carbocycles. The first-order chi connectivity index (χ1) is 47.2. The first-order valence-corrected chi connectivity index (χ1v) is 37.6. The zero-order valence-electron chi connectivity index (χ0n) is 55.2. The number of hydrogen-bond donors (Lipinski definition) is 0. The van der Waals surface area contributed by atoms with Crippen LogP contribution >= 0.6 is 0 Å². The monoisotopic (exact) mass is 1270 g/mol. The first-order valence-electron chi connectivity index (χ1n) is 34.2. The third-order valence-electron chi connectivity index (χ3n) is 19.6. The van der Waals surface area contributed by atoms with Crippen molar-refractivity contribution in [3.63, 3.8) is 0 Å². The van der Waals surface area contributed by atoms with Crippen molar-refractivity contribution < 1.29 is 14.2 Å². The lowest BCUT2D eigenvalue weighted by molar-refractivity contribution is 0.287. The topological polar surface area (TPSA) is 35.9 Å². The SMILES string of the molecule is C=Cc1ccc(OCCCCCCOc2ccc(-n3c4ccc(-c5ccccc5)cc4c4cc(-c5ccc(N(c6ccc(-c7ccccc7)cc6)c6ccc7c(c6)C(CCC[Si](C)(C)CCOc6ccc(C=C)cc6)(c6ccccc6)c6ccccc6-7)cc5)ccc43)cc2)cc1. The minimum Gasteiger partial charge on any atom is -0.494 e. The van der Waals surface area contributed by atoms with Crippen LogP contribution < -0.4 is 19.1 Å². The summed E-state index contributed by atoms with van der Waals surface area (Å²) in [6.45, 7) is 15.0. The van der Waals surface area contributed by atoms with Gasteiger partial charge in [0, 0.05) is 38.9 Å². The van der Waals surface area contributed by atoms with E-state index in [4.69, 9.17) is 14.2 Å². The van der Waals surface area contributed by atoms with Crippen LogP contribution in [-0.4, -0.2) is 32.5 Å². The molecule has 0 amide bonds. The zero-order chi connectivity index (χ0) is 65.3. The van der Waals surface area contributed by atoms with Crippen molar-refractivity contribution in [2.75, 3.05) is 24.7 Å². The van der Waals surface area contributed by atoms with Gasteiger partial charge in [-0.25, -0.2) is 0 Å². The molecule has 474 valence electrons. The number of nitrogens with zero attached hydrogens (tertiary/aromatic N) is 2. The number of benzene rings is 12. The fraction of sp³-hybridized carbons (Fsp3) is 0.156. The molecule has 1 aliphatic carbocycles. The molecule has 0 fully saturated rings. The molecule has 1 aliphatic rings. The van der Waals surface area contributed by atoms with E-state index in [9.17, 15) is 0 Å². The average Bonchev–Trinajstić information content (AvgIpc) is 1.55. The predicted molar refractivity (Wildman–Crippen MR) is 408 cm³/mol. The molecule has 0 saturated heterocycles. The number of aromatic nitrogens is 1. The Kier molecular flexibility index (Phi) is 18.6. The Bertz CT molecular complexity index is 4790. The molecule has 5 nitrogen and oxygen atoms in total. The van der Waals surface area contributed by atoms with E-state index in [2.05, 4.69) is 303 Å². The number of hydrogen-bond acceptors (Lipinski definition) is 4. The predicted octanol–water partition coefficient (Wildman–Crippen LogP) is 24.4. The summed E-state index contributed by atoms with van der Waals surface area (Å²) in [5, 5.41) is 2.41. The van der Waals surface area contributed by atoms with Crippen LogP contribution in [0.3, 0.4) is 0 Å². The quantitative estimate of drug-likeness (QED) is 0.0380. The summed E-state index contributed by atoms with van der Waals surface area (Å²) in [5.74, 6) is 2.70. The minimum atomic E-state index is -1.67. The van der Waals surface area contributed by atoms with E-state index in [0.29, 0.717) is 13.2 Å². The van der Waals surface area contributed by atoms with Crippen LogP contribution in [0.4, 0.5) is 17.1 Å². The molecule has 0 aliphatic heterocycles. The molecule has 13 aromatic rings. The van der Waals surface area contributed by atoms with Gasteiger partial charge < -0.3 is 23.7 Å². The van der Waals surface area contributed by atoms with Crippen molar-refractivity contribution in [3.8, 4) is 67.4 Å². The Balaban J connectivity index is 0.764. The maximum atomic E-state index is 6.35. The van der Waals surface area contributed by atoms with Gasteiger partial charge in [-0.15, -0.1) is 0 Å². The third-order valence-corrected chi connectivity index (χ3v) is 22.8. The maximum absolute atomic E-state index is 6.35. The molecular formula is C90H82N2O3Si. The van der Waals surface area contributed by atoms with E-state index in [1.807, 2.05) is 36.4 Å². The fourth-order valence-corrected chi connectivity index (χ4v) is 16.4. The molecule has 1 aromatic heterocycles. The van der Waals surface area contributed by atoms with Crippen molar-refractivity contribution in [1.29, 1.82) is 0 Å². The van der Waals surface area contributed by atoms with Gasteiger partial charge in [0.2, 0.25) is 0 Å². The summed E-state index contributed by atoms with van der Waals surface area (Å²) in [7, 11) is -1.67. The number of fused-ring (bicyclic) bond motifs is 6. The van der Waals surface area contributed by atoms with Gasteiger partial charge in [-0.3, -0.25) is 0 Å². The second kappa shape index (κ2) is 28.5. The number of ether oxygens (including phenoxy) is 3. The van der Waals surface area contributed by atoms with Crippen LogP contribution in [0.2, 0.25) is 25.2 Å².